The second-order valence-electron chi connectivity index (χ2n) is 6.31. The third-order valence-electron chi connectivity index (χ3n) is 4.41. The van der Waals surface area contributed by atoms with Crippen molar-refractivity contribution in [2.75, 3.05) is 26.2 Å². The zero-order valence-electron chi connectivity index (χ0n) is 13.8. The third-order valence-corrected chi connectivity index (χ3v) is 4.41. The highest BCUT2D eigenvalue weighted by atomic mass is 16.5. The zero-order valence-corrected chi connectivity index (χ0v) is 13.8. The number of urea groups is 1. The van der Waals surface area contributed by atoms with Crippen LogP contribution in [0.3, 0.4) is 0 Å². The molecule has 126 valence electrons. The van der Waals surface area contributed by atoms with E-state index in [1.807, 2.05) is 36.1 Å². The first-order chi connectivity index (χ1) is 11.3. The molecule has 1 aliphatic carbocycles. The average Bonchev–Trinajstić information content (AvgIpc) is 3.40. The summed E-state index contributed by atoms with van der Waals surface area (Å²) in [5, 5.41) is 3.03. The number of hydrogen-bond acceptors (Lipinski definition) is 3. The van der Waals surface area contributed by atoms with Gasteiger partial charge in [-0.15, -0.1) is 0 Å². The molecule has 2 amide bonds. The highest BCUT2D eigenvalue weighted by molar-refractivity contribution is 5.74. The van der Waals surface area contributed by atoms with Crippen LogP contribution >= 0.6 is 0 Å². The Morgan fingerprint density at radius 1 is 1.17 bits per heavy atom. The molecule has 1 aromatic rings. The molecule has 23 heavy (non-hydrogen) atoms. The quantitative estimate of drug-likeness (QED) is 0.877. The van der Waals surface area contributed by atoms with Crippen molar-refractivity contribution in [1.82, 2.24) is 10.2 Å². The Bertz CT molecular complexity index is 523. The number of nitrogens with zero attached hydrogens (tertiary/aromatic N) is 1. The fourth-order valence-electron chi connectivity index (χ4n) is 2.84. The van der Waals surface area contributed by atoms with Crippen LogP contribution in [0.1, 0.15) is 32.6 Å². The van der Waals surface area contributed by atoms with Crippen LogP contribution in [0.2, 0.25) is 0 Å². The number of nitrogens with one attached hydrogen (secondary N) is 1. The minimum Gasteiger partial charge on any atom is -0.490 e. The molecule has 5 nitrogen and oxygen atoms in total. The molecule has 0 aromatic heterocycles. The summed E-state index contributed by atoms with van der Waals surface area (Å²) in [5.74, 6) is 2.31. The molecular weight excluding hydrogens is 292 g/mol. The molecule has 1 saturated carbocycles. The fraction of sp³-hybridized carbons (Fsp3) is 0.611. The Labute approximate surface area is 137 Å². The van der Waals surface area contributed by atoms with E-state index in [4.69, 9.17) is 9.47 Å². The highest BCUT2D eigenvalue weighted by Gasteiger charge is 2.26. The maximum absolute atomic E-state index is 12.1. The lowest BCUT2D eigenvalue weighted by atomic mass is 10.1. The van der Waals surface area contributed by atoms with Crippen molar-refractivity contribution in [3.63, 3.8) is 0 Å². The first-order valence-electron chi connectivity index (χ1n) is 8.67. The van der Waals surface area contributed by atoms with Gasteiger partial charge in [0.15, 0.2) is 11.5 Å². The van der Waals surface area contributed by atoms with Gasteiger partial charge in [0.05, 0.1) is 6.61 Å². The largest absolute Gasteiger partial charge is 0.490 e. The van der Waals surface area contributed by atoms with Crippen LogP contribution in [0.15, 0.2) is 24.3 Å². The average molecular weight is 318 g/mol. The number of likely N-dealkylation sites (tertiary alicyclic amines) is 1. The van der Waals surface area contributed by atoms with Crippen molar-refractivity contribution < 1.29 is 14.3 Å². The van der Waals surface area contributed by atoms with Crippen LogP contribution in [0.5, 0.6) is 11.5 Å². The van der Waals surface area contributed by atoms with Gasteiger partial charge in [-0.05, 0) is 37.8 Å². The van der Waals surface area contributed by atoms with Crippen molar-refractivity contribution in [1.29, 1.82) is 0 Å². The Morgan fingerprint density at radius 2 is 1.87 bits per heavy atom. The Morgan fingerprint density at radius 3 is 2.52 bits per heavy atom. The molecule has 1 N–H and O–H groups in total. The fourth-order valence-corrected chi connectivity index (χ4v) is 2.84. The van der Waals surface area contributed by atoms with Crippen molar-refractivity contribution in [2.45, 2.75) is 38.7 Å². The van der Waals surface area contributed by atoms with E-state index in [1.54, 1.807) is 0 Å². The number of para-hydroxylation sites is 2. The molecule has 3 rings (SSSR count). The van der Waals surface area contributed by atoms with Gasteiger partial charge in [0.2, 0.25) is 0 Å². The first kappa shape index (κ1) is 16.0. The summed E-state index contributed by atoms with van der Waals surface area (Å²) in [6.07, 6.45) is 4.38. The lowest BCUT2D eigenvalue weighted by Gasteiger charge is -2.32. The second kappa shape index (κ2) is 7.57. The van der Waals surface area contributed by atoms with Crippen LogP contribution in [-0.4, -0.2) is 43.3 Å². The molecule has 0 unspecified atom stereocenters. The molecule has 0 atom stereocenters. The zero-order chi connectivity index (χ0) is 16.1. The van der Waals surface area contributed by atoms with Crippen LogP contribution in [-0.2, 0) is 0 Å². The second-order valence-corrected chi connectivity index (χ2v) is 6.31. The monoisotopic (exact) mass is 318 g/mol. The van der Waals surface area contributed by atoms with Crippen LogP contribution in [0.4, 0.5) is 4.79 Å². The van der Waals surface area contributed by atoms with Crippen molar-refractivity contribution in [2.24, 2.45) is 5.92 Å². The molecule has 2 aliphatic rings. The summed E-state index contributed by atoms with van der Waals surface area (Å²) in [4.78, 5) is 14.0. The summed E-state index contributed by atoms with van der Waals surface area (Å²) in [5.41, 5.74) is 0. The minimum absolute atomic E-state index is 0.0741. The van der Waals surface area contributed by atoms with E-state index in [9.17, 15) is 4.79 Å². The van der Waals surface area contributed by atoms with Gasteiger partial charge in [0.1, 0.15) is 6.10 Å². The van der Waals surface area contributed by atoms with E-state index >= 15 is 0 Å². The summed E-state index contributed by atoms with van der Waals surface area (Å²) in [6.45, 7) is 4.92. The summed E-state index contributed by atoms with van der Waals surface area (Å²) in [7, 11) is 0. The number of piperidine rings is 1. The molecule has 2 fully saturated rings. The summed E-state index contributed by atoms with van der Waals surface area (Å²) < 4.78 is 11.7. The van der Waals surface area contributed by atoms with Gasteiger partial charge in [-0.3, -0.25) is 0 Å². The van der Waals surface area contributed by atoms with Gasteiger partial charge in [-0.2, -0.15) is 0 Å². The van der Waals surface area contributed by atoms with Gasteiger partial charge in [0, 0.05) is 32.5 Å². The number of ether oxygens (including phenoxy) is 2. The molecular formula is C18H26N2O3. The first-order valence-corrected chi connectivity index (χ1v) is 8.67. The summed E-state index contributed by atoms with van der Waals surface area (Å²) in [6, 6.07) is 7.85. The smallest absolute Gasteiger partial charge is 0.317 e. The predicted molar refractivity (Wildman–Crippen MR) is 89.0 cm³/mol. The van der Waals surface area contributed by atoms with Gasteiger partial charge in [0.25, 0.3) is 0 Å². The minimum atomic E-state index is 0.0741. The molecule has 1 saturated heterocycles. The number of benzene rings is 1. The summed E-state index contributed by atoms with van der Waals surface area (Å²) >= 11 is 0. The maximum Gasteiger partial charge on any atom is 0.317 e. The van der Waals surface area contributed by atoms with Gasteiger partial charge in [-0.25, -0.2) is 4.79 Å². The number of amides is 2. The molecule has 5 heteroatoms. The van der Waals surface area contributed by atoms with Gasteiger partial charge >= 0.3 is 6.03 Å². The molecule has 1 aromatic carbocycles. The van der Waals surface area contributed by atoms with Crippen LogP contribution in [0, 0.1) is 5.92 Å². The van der Waals surface area contributed by atoms with E-state index in [0.29, 0.717) is 6.61 Å². The molecule has 0 spiro atoms. The maximum atomic E-state index is 12.1. The predicted octanol–water partition coefficient (Wildman–Crippen LogP) is 3.05. The van der Waals surface area contributed by atoms with Crippen molar-refractivity contribution in [3.05, 3.63) is 24.3 Å². The lowest BCUT2D eigenvalue weighted by Crippen LogP contribution is -2.46. The Hall–Kier alpha value is -1.91. The van der Waals surface area contributed by atoms with E-state index in [0.717, 1.165) is 49.9 Å². The van der Waals surface area contributed by atoms with Gasteiger partial charge < -0.3 is 19.7 Å². The van der Waals surface area contributed by atoms with Crippen LogP contribution < -0.4 is 14.8 Å². The third kappa shape index (κ3) is 4.53. The number of carbonyl (C=O) groups excluding carboxylic acids is 1. The standard InChI is InChI=1S/C18H26N2O3/c1-2-22-16-5-3-4-6-17(16)23-15-9-11-20(12-10-15)18(21)19-13-14-7-8-14/h3-6,14-15H,2,7-13H2,1H3,(H,19,21). The van der Waals surface area contributed by atoms with Gasteiger partial charge in [-0.1, -0.05) is 12.1 Å². The van der Waals surface area contributed by atoms with Crippen molar-refractivity contribution in [3.8, 4) is 11.5 Å². The Balaban J connectivity index is 1.46. The SMILES string of the molecule is CCOc1ccccc1OC1CCN(C(=O)NCC2CC2)CC1. The number of carbonyl (C=O) groups is 1. The van der Waals surface area contributed by atoms with Crippen molar-refractivity contribution >= 4 is 6.03 Å². The molecule has 1 aliphatic heterocycles. The van der Waals surface area contributed by atoms with E-state index in [1.165, 1.54) is 12.8 Å². The lowest BCUT2D eigenvalue weighted by molar-refractivity contribution is 0.107. The topological polar surface area (TPSA) is 50.8 Å². The van der Waals surface area contributed by atoms with E-state index < -0.39 is 0 Å². The number of rotatable bonds is 6. The molecule has 0 radical (unpaired) electrons. The molecule has 1 heterocycles. The van der Waals surface area contributed by atoms with E-state index in [-0.39, 0.29) is 12.1 Å². The molecule has 0 bridgehead atoms. The van der Waals surface area contributed by atoms with E-state index in [2.05, 4.69) is 5.32 Å². The highest BCUT2D eigenvalue weighted by Crippen LogP contribution is 2.30. The normalized spacial score (nSPS) is 18.6. The Kier molecular flexibility index (Phi) is 5.26. The number of hydrogen-bond donors (Lipinski definition) is 1. The van der Waals surface area contributed by atoms with Crippen LogP contribution in [0.25, 0.3) is 0 Å².